The molecule has 0 aliphatic carbocycles. The van der Waals surface area contributed by atoms with Gasteiger partial charge in [-0.2, -0.15) is 8.78 Å². The van der Waals surface area contributed by atoms with Crippen LogP contribution in [0.15, 0.2) is 23.1 Å². The van der Waals surface area contributed by atoms with Crippen molar-refractivity contribution in [2.45, 2.75) is 51.7 Å². The summed E-state index contributed by atoms with van der Waals surface area (Å²) in [5.41, 5.74) is 3.36. The maximum atomic E-state index is 15.4. The number of amides is 2. The van der Waals surface area contributed by atoms with Gasteiger partial charge in [0.1, 0.15) is 28.9 Å². The van der Waals surface area contributed by atoms with Gasteiger partial charge in [-0.1, -0.05) is 18.0 Å². The number of nitrogens with two attached hydrogens (primary N) is 1. The number of pyridine rings is 1. The van der Waals surface area contributed by atoms with E-state index in [4.69, 9.17) is 17.3 Å². The van der Waals surface area contributed by atoms with Crippen LogP contribution in [0.4, 0.5) is 24.7 Å². The minimum absolute atomic E-state index is 0.00982. The van der Waals surface area contributed by atoms with Gasteiger partial charge < -0.3 is 30.5 Å². The number of aryl methyl sites for hydroxylation is 1. The maximum Gasteiger partial charge on any atom is 0.263 e. The number of carbonyl (C=O) groups excluding carboxylic acids is 2. The molecule has 2 aliphatic rings. The van der Waals surface area contributed by atoms with Gasteiger partial charge in [-0.3, -0.25) is 19.0 Å². The lowest BCUT2D eigenvalue weighted by molar-refractivity contribution is -0.116. The Morgan fingerprint density at radius 2 is 1.85 bits per heavy atom. The highest BCUT2D eigenvalue weighted by Gasteiger charge is 2.29. The highest BCUT2D eigenvalue weighted by Crippen LogP contribution is 2.36. The summed E-state index contributed by atoms with van der Waals surface area (Å²) >= 11 is 6.21. The van der Waals surface area contributed by atoms with Crippen LogP contribution in [-0.2, 0) is 24.3 Å². The van der Waals surface area contributed by atoms with Crippen molar-refractivity contribution in [2.24, 2.45) is 5.73 Å². The highest BCUT2D eigenvalue weighted by atomic mass is 35.5. The Morgan fingerprint density at radius 1 is 1.09 bits per heavy atom. The van der Waals surface area contributed by atoms with Gasteiger partial charge in [0.05, 0.1) is 16.6 Å². The number of hydrogen-bond acceptors (Lipinski definition) is 8. The van der Waals surface area contributed by atoms with Gasteiger partial charge in [-0.25, -0.2) is 14.4 Å². The number of rotatable bonds is 6. The van der Waals surface area contributed by atoms with E-state index in [1.165, 1.54) is 21.4 Å². The van der Waals surface area contributed by atoms with Gasteiger partial charge in [-0.05, 0) is 32.9 Å². The number of likely N-dealkylation sites (N-methyl/N-ethyl adjacent to an activating group) is 1. The Labute approximate surface area is 271 Å². The molecule has 12 nitrogen and oxygen atoms in total. The molecule has 2 aliphatic heterocycles. The molecule has 1 aromatic carbocycles. The second kappa shape index (κ2) is 12.5. The first-order valence-corrected chi connectivity index (χ1v) is 15.5. The van der Waals surface area contributed by atoms with E-state index in [1.54, 1.807) is 0 Å². The molecule has 0 spiro atoms. The second-order valence-electron chi connectivity index (χ2n) is 12.0. The fourth-order valence-corrected chi connectivity index (χ4v) is 6.48. The number of nitrogens with one attached hydrogen (secondary N) is 1. The molecular weight excluding hydrogens is 641 g/mol. The van der Waals surface area contributed by atoms with E-state index in [1.807, 2.05) is 18.9 Å². The quantitative estimate of drug-likeness (QED) is 0.263. The van der Waals surface area contributed by atoms with Crippen molar-refractivity contribution in [2.75, 3.05) is 36.9 Å². The second-order valence-corrected chi connectivity index (χ2v) is 12.3. The zero-order chi connectivity index (χ0) is 33.7. The number of piperazine rings is 1. The van der Waals surface area contributed by atoms with Crippen LogP contribution in [0.2, 0.25) is 5.02 Å². The van der Waals surface area contributed by atoms with Crippen molar-refractivity contribution in [3.8, 4) is 16.9 Å². The predicted octanol–water partition coefficient (Wildman–Crippen LogP) is 3.64. The zero-order valence-electron chi connectivity index (χ0n) is 25.6. The molecule has 6 rings (SSSR count). The Kier molecular flexibility index (Phi) is 8.61. The van der Waals surface area contributed by atoms with E-state index in [2.05, 4.69) is 20.2 Å². The third-order valence-electron chi connectivity index (χ3n) is 8.69. The van der Waals surface area contributed by atoms with Crippen LogP contribution in [0, 0.1) is 17.6 Å². The molecule has 4 N–H and O–H groups in total. The van der Waals surface area contributed by atoms with Crippen LogP contribution in [-0.4, -0.2) is 73.6 Å². The maximum absolute atomic E-state index is 15.4. The standard InChI is InChI=1S/C31H32ClF3N8O4/c1-15-12-40(2)8-9-42(15)21-11-19(24(32)28(35)38-21)37-22(44)14-41-13-18(16-10-17(29(36)46)27(45)26(34)25(16)33)23-30(41)39-20-6-4-3-5-7-43(20)31(23)47/h10-11,13,15,45H,3-9,12,14H2,1-2H3,(H2,36,46)(H,37,38,44)/t15-/m0/s1. The summed E-state index contributed by atoms with van der Waals surface area (Å²) in [4.78, 5) is 52.0. The van der Waals surface area contributed by atoms with Gasteiger partial charge in [0, 0.05) is 62.0 Å². The lowest BCUT2D eigenvalue weighted by atomic mass is 10.0. The van der Waals surface area contributed by atoms with Gasteiger partial charge in [0.2, 0.25) is 17.7 Å². The minimum Gasteiger partial charge on any atom is -0.504 e. The van der Waals surface area contributed by atoms with Crippen molar-refractivity contribution in [1.82, 2.24) is 24.0 Å². The first-order valence-electron chi connectivity index (χ1n) is 15.1. The molecule has 1 fully saturated rings. The fraction of sp³-hybridized carbons (Fsp3) is 0.387. The molecule has 0 saturated carbocycles. The fourth-order valence-electron chi connectivity index (χ4n) is 6.34. The Morgan fingerprint density at radius 3 is 2.57 bits per heavy atom. The number of carbonyl (C=O) groups is 2. The van der Waals surface area contributed by atoms with E-state index < -0.39 is 63.4 Å². The molecule has 0 unspecified atom stereocenters. The largest absolute Gasteiger partial charge is 0.504 e. The monoisotopic (exact) mass is 672 g/mol. The number of anilines is 2. The summed E-state index contributed by atoms with van der Waals surface area (Å²) in [5.74, 6) is -6.64. The summed E-state index contributed by atoms with van der Waals surface area (Å²) in [6.07, 6.45) is 4.03. The van der Waals surface area contributed by atoms with Gasteiger partial charge in [-0.15, -0.1) is 0 Å². The summed E-state index contributed by atoms with van der Waals surface area (Å²) in [5, 5.41) is 12.1. The van der Waals surface area contributed by atoms with Crippen LogP contribution >= 0.6 is 11.6 Å². The SMILES string of the molecule is C[C@H]1CN(C)CCN1c1cc(NC(=O)Cn2cc(-c3cc(C(N)=O)c(O)c(F)c3F)c3c(=O)n4c(nc32)CCCCC4)c(Cl)c(F)n1. The topological polar surface area (TPSA) is 152 Å². The van der Waals surface area contributed by atoms with Gasteiger partial charge in [0.15, 0.2) is 11.6 Å². The average Bonchev–Trinajstić information content (AvgIpc) is 3.18. The summed E-state index contributed by atoms with van der Waals surface area (Å²) in [7, 11) is 1.98. The van der Waals surface area contributed by atoms with E-state index in [-0.39, 0.29) is 28.3 Å². The van der Waals surface area contributed by atoms with E-state index in [0.29, 0.717) is 37.6 Å². The number of aromatic nitrogens is 4. The number of halogens is 4. The van der Waals surface area contributed by atoms with Crippen molar-refractivity contribution < 1.29 is 27.9 Å². The van der Waals surface area contributed by atoms with Crippen molar-refractivity contribution in [3.63, 3.8) is 0 Å². The Balaban J connectivity index is 1.43. The highest BCUT2D eigenvalue weighted by molar-refractivity contribution is 6.33. The molecular formula is C31H32ClF3N8O4. The van der Waals surface area contributed by atoms with Crippen molar-refractivity contribution in [3.05, 3.63) is 62.7 Å². The van der Waals surface area contributed by atoms with Gasteiger partial charge in [0.25, 0.3) is 11.5 Å². The number of phenols is 1. The van der Waals surface area contributed by atoms with E-state index in [0.717, 1.165) is 32.0 Å². The van der Waals surface area contributed by atoms with Gasteiger partial charge >= 0.3 is 0 Å². The van der Waals surface area contributed by atoms with Crippen LogP contribution in [0.3, 0.4) is 0 Å². The van der Waals surface area contributed by atoms with Crippen LogP contribution < -0.4 is 21.5 Å². The molecule has 0 radical (unpaired) electrons. The van der Waals surface area contributed by atoms with E-state index >= 15 is 4.39 Å². The molecule has 0 bridgehead atoms. The molecule has 4 aromatic rings. The van der Waals surface area contributed by atoms with Crippen LogP contribution in [0.1, 0.15) is 42.4 Å². The number of aromatic hydroxyl groups is 1. The zero-order valence-corrected chi connectivity index (χ0v) is 26.4. The first kappa shape index (κ1) is 32.3. The number of hydrogen-bond donors (Lipinski definition) is 3. The third kappa shape index (κ3) is 5.89. The summed E-state index contributed by atoms with van der Waals surface area (Å²) in [6.45, 7) is 3.86. The molecule has 1 atom stereocenters. The van der Waals surface area contributed by atoms with Crippen LogP contribution in [0.25, 0.3) is 22.2 Å². The minimum atomic E-state index is -1.72. The molecule has 248 valence electrons. The predicted molar refractivity (Wildman–Crippen MR) is 169 cm³/mol. The Hall–Kier alpha value is -4.63. The normalized spacial score (nSPS) is 17.1. The molecule has 3 aromatic heterocycles. The summed E-state index contributed by atoms with van der Waals surface area (Å²) < 4.78 is 47.8. The lowest BCUT2D eigenvalue weighted by Gasteiger charge is -2.39. The summed E-state index contributed by atoms with van der Waals surface area (Å²) in [6, 6.07) is 2.34. The number of primary amides is 1. The molecule has 1 saturated heterocycles. The molecule has 2 amide bonds. The van der Waals surface area contributed by atoms with Crippen molar-refractivity contribution in [1.29, 1.82) is 0 Å². The smallest absolute Gasteiger partial charge is 0.263 e. The number of nitrogens with zero attached hydrogens (tertiary/aromatic N) is 6. The first-order chi connectivity index (χ1) is 22.3. The molecule has 47 heavy (non-hydrogen) atoms. The number of fused-ring (bicyclic) bond motifs is 2. The third-order valence-corrected chi connectivity index (χ3v) is 9.05. The Bertz CT molecular complexity index is 2000. The van der Waals surface area contributed by atoms with E-state index in [9.17, 15) is 28.3 Å². The van der Waals surface area contributed by atoms with Crippen molar-refractivity contribution >= 4 is 46.0 Å². The molecule has 5 heterocycles. The molecule has 16 heteroatoms. The number of benzene rings is 1. The average molecular weight is 673 g/mol. The van der Waals surface area contributed by atoms with Crippen LogP contribution in [0.5, 0.6) is 5.75 Å². The lowest BCUT2D eigenvalue weighted by Crippen LogP contribution is -2.50.